The van der Waals surface area contributed by atoms with Crippen molar-refractivity contribution in [2.24, 2.45) is 16.2 Å². The van der Waals surface area contributed by atoms with Gasteiger partial charge in [-0.05, 0) is 23.7 Å². The van der Waals surface area contributed by atoms with Gasteiger partial charge in [-0.15, -0.1) is 0 Å². The lowest BCUT2D eigenvalue weighted by molar-refractivity contribution is -0.253. The van der Waals surface area contributed by atoms with E-state index in [1.165, 1.54) is 6.92 Å². The summed E-state index contributed by atoms with van der Waals surface area (Å²) in [6, 6.07) is 0. The third-order valence-corrected chi connectivity index (χ3v) is 3.71. The molecule has 0 N–H and O–H groups in total. The minimum atomic E-state index is -4.17. The van der Waals surface area contributed by atoms with E-state index in [9.17, 15) is 13.2 Å². The predicted molar refractivity (Wildman–Crippen MR) is 71.4 cm³/mol. The van der Waals surface area contributed by atoms with Crippen molar-refractivity contribution in [2.45, 2.75) is 67.5 Å². The van der Waals surface area contributed by atoms with E-state index in [-0.39, 0.29) is 11.8 Å². The first-order valence-electron chi connectivity index (χ1n) is 6.45. The highest BCUT2D eigenvalue weighted by molar-refractivity contribution is 4.97. The van der Waals surface area contributed by atoms with Crippen molar-refractivity contribution in [1.82, 2.24) is 0 Å². The third-order valence-electron chi connectivity index (χ3n) is 3.71. The summed E-state index contributed by atoms with van der Waals surface area (Å²) in [5, 5.41) is 0. The Balaban J connectivity index is 4.83. The van der Waals surface area contributed by atoms with E-state index in [2.05, 4.69) is 0 Å². The SMILES string of the molecule is CC(C)(C)/C=C/CC[C@@](C)(C(C)(C)C)C(F)(F)F. The van der Waals surface area contributed by atoms with Crippen LogP contribution in [0.2, 0.25) is 0 Å². The fourth-order valence-corrected chi connectivity index (χ4v) is 1.75. The predicted octanol–water partition coefficient (Wildman–Crippen LogP) is 5.98. The first-order valence-corrected chi connectivity index (χ1v) is 6.45. The molecule has 0 bridgehead atoms. The Morgan fingerprint density at radius 1 is 0.833 bits per heavy atom. The van der Waals surface area contributed by atoms with Crippen LogP contribution in [0.25, 0.3) is 0 Å². The molecule has 3 heteroatoms. The molecule has 0 spiro atoms. The molecule has 0 aromatic carbocycles. The molecule has 0 aliphatic heterocycles. The Morgan fingerprint density at radius 3 is 1.56 bits per heavy atom. The van der Waals surface area contributed by atoms with E-state index in [1.54, 1.807) is 20.8 Å². The molecule has 0 aliphatic carbocycles. The molecule has 18 heavy (non-hydrogen) atoms. The van der Waals surface area contributed by atoms with Crippen molar-refractivity contribution in [3.63, 3.8) is 0 Å². The zero-order valence-corrected chi connectivity index (χ0v) is 12.7. The number of allylic oxidation sites excluding steroid dienone is 2. The van der Waals surface area contributed by atoms with Gasteiger partial charge in [0.1, 0.15) is 0 Å². The van der Waals surface area contributed by atoms with Crippen LogP contribution in [-0.4, -0.2) is 6.18 Å². The zero-order valence-electron chi connectivity index (χ0n) is 12.7. The van der Waals surface area contributed by atoms with Crippen LogP contribution in [0.1, 0.15) is 61.3 Å². The molecular weight excluding hydrogens is 237 g/mol. The van der Waals surface area contributed by atoms with E-state index in [0.717, 1.165) is 0 Å². The second-order valence-corrected chi connectivity index (χ2v) is 7.39. The standard InChI is InChI=1S/C15H27F3/c1-12(2,3)10-8-9-11-14(7,13(4,5)6)15(16,17)18/h8,10H,9,11H2,1-7H3/b10-8+/t14-/m0/s1. The summed E-state index contributed by atoms with van der Waals surface area (Å²) in [5.74, 6) is 0. The van der Waals surface area contributed by atoms with Gasteiger partial charge in [-0.3, -0.25) is 0 Å². The van der Waals surface area contributed by atoms with Gasteiger partial charge in [0.15, 0.2) is 0 Å². The zero-order chi connectivity index (χ0) is 14.8. The van der Waals surface area contributed by atoms with Crippen LogP contribution < -0.4 is 0 Å². The highest BCUT2D eigenvalue weighted by Gasteiger charge is 2.56. The third kappa shape index (κ3) is 4.66. The number of halogens is 3. The largest absolute Gasteiger partial charge is 0.394 e. The van der Waals surface area contributed by atoms with E-state index in [4.69, 9.17) is 0 Å². The second kappa shape index (κ2) is 5.26. The fourth-order valence-electron chi connectivity index (χ4n) is 1.75. The molecule has 0 radical (unpaired) electrons. The van der Waals surface area contributed by atoms with Crippen LogP contribution in [-0.2, 0) is 0 Å². The van der Waals surface area contributed by atoms with Gasteiger partial charge >= 0.3 is 6.18 Å². The lowest BCUT2D eigenvalue weighted by atomic mass is 9.65. The molecule has 0 aliphatic rings. The van der Waals surface area contributed by atoms with Crippen LogP contribution in [0.15, 0.2) is 12.2 Å². The maximum atomic E-state index is 13.2. The first kappa shape index (κ1) is 17.5. The molecule has 0 aromatic rings. The number of rotatable bonds is 3. The lowest BCUT2D eigenvalue weighted by Gasteiger charge is -2.43. The number of hydrogen-bond donors (Lipinski definition) is 0. The molecule has 0 amide bonds. The van der Waals surface area contributed by atoms with Gasteiger partial charge in [-0.1, -0.05) is 60.6 Å². The molecule has 0 aromatic heterocycles. The Hall–Kier alpha value is -0.470. The minimum Gasteiger partial charge on any atom is -0.170 e. The molecule has 0 saturated carbocycles. The molecule has 1 atom stereocenters. The molecule has 0 heterocycles. The van der Waals surface area contributed by atoms with Crippen molar-refractivity contribution in [3.8, 4) is 0 Å². The molecule has 0 nitrogen and oxygen atoms in total. The Labute approximate surface area is 110 Å². The summed E-state index contributed by atoms with van der Waals surface area (Å²) in [6.45, 7) is 12.4. The van der Waals surface area contributed by atoms with Crippen LogP contribution in [0.3, 0.4) is 0 Å². The minimum absolute atomic E-state index is 0.0242. The summed E-state index contributed by atoms with van der Waals surface area (Å²) in [4.78, 5) is 0. The smallest absolute Gasteiger partial charge is 0.170 e. The topological polar surface area (TPSA) is 0 Å². The normalized spacial score (nSPS) is 18.1. The Morgan fingerprint density at radius 2 is 1.28 bits per heavy atom. The average Bonchev–Trinajstić information content (AvgIpc) is 2.06. The molecule has 0 fully saturated rings. The van der Waals surface area contributed by atoms with Gasteiger partial charge in [0, 0.05) is 0 Å². The van der Waals surface area contributed by atoms with Crippen LogP contribution in [0.4, 0.5) is 13.2 Å². The summed E-state index contributed by atoms with van der Waals surface area (Å²) in [7, 11) is 0. The summed E-state index contributed by atoms with van der Waals surface area (Å²) < 4.78 is 39.7. The van der Waals surface area contributed by atoms with Gasteiger partial charge in [0.05, 0.1) is 5.41 Å². The highest BCUT2D eigenvalue weighted by Crippen LogP contribution is 2.53. The Bertz CT molecular complexity index is 270. The van der Waals surface area contributed by atoms with Gasteiger partial charge in [0.2, 0.25) is 0 Å². The van der Waals surface area contributed by atoms with E-state index < -0.39 is 17.0 Å². The lowest BCUT2D eigenvalue weighted by Crippen LogP contribution is -2.45. The summed E-state index contributed by atoms with van der Waals surface area (Å²) in [5.41, 5.74) is -2.42. The number of alkyl halides is 3. The maximum absolute atomic E-state index is 13.2. The Kier molecular flexibility index (Phi) is 5.12. The van der Waals surface area contributed by atoms with Crippen molar-refractivity contribution >= 4 is 0 Å². The van der Waals surface area contributed by atoms with Gasteiger partial charge < -0.3 is 0 Å². The molecule has 0 saturated heterocycles. The fraction of sp³-hybridized carbons (Fsp3) is 0.867. The van der Waals surface area contributed by atoms with Crippen molar-refractivity contribution in [1.29, 1.82) is 0 Å². The highest BCUT2D eigenvalue weighted by atomic mass is 19.4. The second-order valence-electron chi connectivity index (χ2n) is 7.39. The summed E-state index contributed by atoms with van der Waals surface area (Å²) >= 11 is 0. The quantitative estimate of drug-likeness (QED) is 0.550. The molecular formula is C15H27F3. The van der Waals surface area contributed by atoms with Gasteiger partial charge in [-0.2, -0.15) is 13.2 Å². The van der Waals surface area contributed by atoms with Crippen LogP contribution >= 0.6 is 0 Å². The van der Waals surface area contributed by atoms with Crippen LogP contribution in [0, 0.1) is 16.2 Å². The molecule has 0 unspecified atom stereocenters. The van der Waals surface area contributed by atoms with E-state index in [1.807, 2.05) is 32.9 Å². The van der Waals surface area contributed by atoms with Crippen molar-refractivity contribution in [2.75, 3.05) is 0 Å². The van der Waals surface area contributed by atoms with Crippen molar-refractivity contribution in [3.05, 3.63) is 12.2 Å². The van der Waals surface area contributed by atoms with E-state index in [0.29, 0.717) is 6.42 Å². The first-order chi connectivity index (χ1) is 7.71. The van der Waals surface area contributed by atoms with E-state index >= 15 is 0 Å². The average molecular weight is 264 g/mol. The molecule has 0 rings (SSSR count). The summed E-state index contributed by atoms with van der Waals surface area (Å²) in [6.07, 6.45) is 0.278. The maximum Gasteiger partial charge on any atom is 0.394 e. The molecule has 108 valence electrons. The van der Waals surface area contributed by atoms with Crippen molar-refractivity contribution < 1.29 is 13.2 Å². The van der Waals surface area contributed by atoms with Gasteiger partial charge in [-0.25, -0.2) is 0 Å². The van der Waals surface area contributed by atoms with Gasteiger partial charge in [0.25, 0.3) is 0 Å². The monoisotopic (exact) mass is 264 g/mol. The van der Waals surface area contributed by atoms with Crippen LogP contribution in [0.5, 0.6) is 0 Å². The number of hydrogen-bond acceptors (Lipinski definition) is 0.